The van der Waals surface area contributed by atoms with Crippen molar-refractivity contribution in [3.63, 3.8) is 0 Å². The molecule has 0 aliphatic carbocycles. The number of carbonyl (C=O) groups excluding carboxylic acids is 1. The lowest BCUT2D eigenvalue weighted by Gasteiger charge is -2.28. The number of rotatable bonds is 6. The van der Waals surface area contributed by atoms with Crippen LogP contribution in [0.4, 0.5) is 5.69 Å². The van der Waals surface area contributed by atoms with Gasteiger partial charge in [0.25, 0.3) is 0 Å². The highest BCUT2D eigenvalue weighted by molar-refractivity contribution is 5.76. The Balaban J connectivity index is 1.43. The van der Waals surface area contributed by atoms with E-state index in [0.29, 0.717) is 13.0 Å². The van der Waals surface area contributed by atoms with Gasteiger partial charge in [0.15, 0.2) is 0 Å². The van der Waals surface area contributed by atoms with Crippen molar-refractivity contribution in [3.8, 4) is 0 Å². The summed E-state index contributed by atoms with van der Waals surface area (Å²) in [5.41, 5.74) is 3.40. The molecule has 0 atom stereocenters. The third kappa shape index (κ3) is 4.82. The maximum absolute atomic E-state index is 12.0. The lowest BCUT2D eigenvalue weighted by atomic mass is 10.1. The number of anilines is 1. The average Bonchev–Trinajstić information content (AvgIpc) is 2.67. The van der Waals surface area contributed by atoms with E-state index in [1.165, 1.54) is 30.5 Å². The minimum Gasteiger partial charge on any atom is -0.372 e. The van der Waals surface area contributed by atoms with Crippen molar-refractivity contribution >= 4 is 11.6 Å². The molecule has 4 heteroatoms. The molecule has 4 nitrogen and oxygen atoms in total. The summed E-state index contributed by atoms with van der Waals surface area (Å²) in [4.78, 5) is 18.6. The number of aromatic nitrogens is 1. The van der Waals surface area contributed by atoms with Crippen LogP contribution in [0.5, 0.6) is 0 Å². The summed E-state index contributed by atoms with van der Waals surface area (Å²) >= 11 is 0. The molecule has 126 valence electrons. The molecule has 1 aromatic heterocycles. The summed E-state index contributed by atoms with van der Waals surface area (Å²) in [7, 11) is 0. The number of hydrogen-bond acceptors (Lipinski definition) is 3. The number of amides is 1. The van der Waals surface area contributed by atoms with E-state index < -0.39 is 0 Å². The van der Waals surface area contributed by atoms with Gasteiger partial charge in [-0.1, -0.05) is 18.2 Å². The molecule has 1 fully saturated rings. The van der Waals surface area contributed by atoms with Crippen molar-refractivity contribution < 1.29 is 4.79 Å². The molecule has 2 aromatic rings. The van der Waals surface area contributed by atoms with Gasteiger partial charge in [0, 0.05) is 31.4 Å². The number of nitrogens with one attached hydrogen (secondary N) is 1. The van der Waals surface area contributed by atoms with E-state index in [1.807, 2.05) is 18.2 Å². The van der Waals surface area contributed by atoms with Crippen LogP contribution in [0.25, 0.3) is 0 Å². The first-order chi connectivity index (χ1) is 11.8. The van der Waals surface area contributed by atoms with Crippen LogP contribution >= 0.6 is 0 Å². The third-order valence-electron chi connectivity index (χ3n) is 4.49. The predicted molar refractivity (Wildman–Crippen MR) is 96.9 cm³/mol. The number of nitrogens with zero attached hydrogens (tertiary/aromatic N) is 2. The van der Waals surface area contributed by atoms with Crippen molar-refractivity contribution in [1.82, 2.24) is 10.3 Å². The van der Waals surface area contributed by atoms with Gasteiger partial charge in [0.2, 0.25) is 5.91 Å². The third-order valence-corrected chi connectivity index (χ3v) is 4.49. The average molecular weight is 323 g/mol. The minimum absolute atomic E-state index is 0.0701. The molecule has 1 N–H and O–H groups in total. The van der Waals surface area contributed by atoms with Gasteiger partial charge in [0.05, 0.1) is 12.2 Å². The molecule has 0 saturated carbocycles. The van der Waals surface area contributed by atoms with Crippen LogP contribution in [0, 0.1) is 0 Å². The molecule has 1 aliphatic heterocycles. The van der Waals surface area contributed by atoms with Crippen LogP contribution in [0.15, 0.2) is 48.7 Å². The van der Waals surface area contributed by atoms with Gasteiger partial charge in [-0.2, -0.15) is 0 Å². The Morgan fingerprint density at radius 3 is 2.54 bits per heavy atom. The van der Waals surface area contributed by atoms with Gasteiger partial charge in [-0.15, -0.1) is 0 Å². The molecule has 1 aromatic carbocycles. The van der Waals surface area contributed by atoms with E-state index >= 15 is 0 Å². The minimum atomic E-state index is 0.0701. The van der Waals surface area contributed by atoms with Crippen molar-refractivity contribution in [1.29, 1.82) is 0 Å². The fraction of sp³-hybridized carbons (Fsp3) is 0.400. The second-order valence-electron chi connectivity index (χ2n) is 6.31. The van der Waals surface area contributed by atoms with Crippen molar-refractivity contribution in [2.75, 3.05) is 18.0 Å². The SMILES string of the molecule is O=C(CCc1ccc(N2CCCCC2)cc1)NCc1ccccn1. The van der Waals surface area contributed by atoms with Crippen LogP contribution in [-0.4, -0.2) is 24.0 Å². The van der Waals surface area contributed by atoms with E-state index in [1.54, 1.807) is 6.20 Å². The normalized spacial score (nSPS) is 14.4. The summed E-state index contributed by atoms with van der Waals surface area (Å²) < 4.78 is 0. The number of piperidine rings is 1. The fourth-order valence-electron chi connectivity index (χ4n) is 3.06. The molecule has 3 rings (SSSR count). The smallest absolute Gasteiger partial charge is 0.220 e. The molecule has 1 saturated heterocycles. The Hall–Kier alpha value is -2.36. The highest BCUT2D eigenvalue weighted by Crippen LogP contribution is 2.20. The van der Waals surface area contributed by atoms with Crippen molar-refractivity contribution in [3.05, 3.63) is 59.9 Å². The largest absolute Gasteiger partial charge is 0.372 e. The molecule has 1 amide bonds. The van der Waals surface area contributed by atoms with E-state index in [-0.39, 0.29) is 5.91 Å². The molecule has 0 spiro atoms. The molecule has 0 unspecified atom stereocenters. The summed E-state index contributed by atoms with van der Waals surface area (Å²) in [5, 5.41) is 2.92. The van der Waals surface area contributed by atoms with Crippen molar-refractivity contribution in [2.24, 2.45) is 0 Å². The van der Waals surface area contributed by atoms with Gasteiger partial charge in [0.1, 0.15) is 0 Å². The zero-order chi connectivity index (χ0) is 16.6. The Labute approximate surface area is 143 Å². The van der Waals surface area contributed by atoms with E-state index in [0.717, 1.165) is 25.2 Å². The van der Waals surface area contributed by atoms with Crippen molar-refractivity contribution in [2.45, 2.75) is 38.6 Å². The zero-order valence-corrected chi connectivity index (χ0v) is 14.1. The van der Waals surface area contributed by atoms with Gasteiger partial charge >= 0.3 is 0 Å². The maximum atomic E-state index is 12.0. The molecule has 0 radical (unpaired) electrons. The van der Waals surface area contributed by atoms with Crippen LogP contribution in [0.2, 0.25) is 0 Å². The summed E-state index contributed by atoms with van der Waals surface area (Å²) in [6.07, 6.45) is 6.95. The van der Waals surface area contributed by atoms with E-state index in [2.05, 4.69) is 39.5 Å². The number of pyridine rings is 1. The van der Waals surface area contributed by atoms with Crippen LogP contribution in [0.1, 0.15) is 36.9 Å². The highest BCUT2D eigenvalue weighted by Gasteiger charge is 2.10. The lowest BCUT2D eigenvalue weighted by molar-refractivity contribution is -0.121. The molecular formula is C20H25N3O. The standard InChI is InChI=1S/C20H25N3O/c24-20(22-16-18-6-2-3-13-21-18)12-9-17-7-10-19(11-8-17)23-14-4-1-5-15-23/h2-3,6-8,10-11,13H,1,4-5,9,12,14-16H2,(H,22,24). The number of aryl methyl sites for hydroxylation is 1. The van der Waals surface area contributed by atoms with Gasteiger partial charge in [-0.05, 0) is 55.5 Å². The Morgan fingerprint density at radius 2 is 1.83 bits per heavy atom. The molecule has 0 bridgehead atoms. The number of hydrogen-bond donors (Lipinski definition) is 1. The monoisotopic (exact) mass is 323 g/mol. The molecule has 2 heterocycles. The molecular weight excluding hydrogens is 298 g/mol. The highest BCUT2D eigenvalue weighted by atomic mass is 16.1. The molecule has 1 aliphatic rings. The first-order valence-corrected chi connectivity index (χ1v) is 8.82. The lowest BCUT2D eigenvalue weighted by Crippen LogP contribution is -2.29. The Kier molecular flexibility index (Phi) is 5.83. The Bertz CT molecular complexity index is 634. The summed E-state index contributed by atoms with van der Waals surface area (Å²) in [6.45, 7) is 2.82. The van der Waals surface area contributed by atoms with E-state index in [9.17, 15) is 4.79 Å². The fourth-order valence-corrected chi connectivity index (χ4v) is 3.06. The second kappa shape index (κ2) is 8.48. The van der Waals surface area contributed by atoms with Gasteiger partial charge < -0.3 is 10.2 Å². The quantitative estimate of drug-likeness (QED) is 0.887. The molecule has 24 heavy (non-hydrogen) atoms. The number of carbonyl (C=O) groups is 1. The van der Waals surface area contributed by atoms with Gasteiger partial charge in [-0.3, -0.25) is 9.78 Å². The number of benzene rings is 1. The first-order valence-electron chi connectivity index (χ1n) is 8.82. The predicted octanol–water partition coefficient (Wildman–Crippen LogP) is 3.32. The topological polar surface area (TPSA) is 45.2 Å². The first kappa shape index (κ1) is 16.5. The summed E-state index contributed by atoms with van der Waals surface area (Å²) in [5.74, 6) is 0.0701. The second-order valence-corrected chi connectivity index (χ2v) is 6.31. The van der Waals surface area contributed by atoms with Crippen LogP contribution in [-0.2, 0) is 17.8 Å². The zero-order valence-electron chi connectivity index (χ0n) is 14.1. The Morgan fingerprint density at radius 1 is 1.04 bits per heavy atom. The summed E-state index contributed by atoms with van der Waals surface area (Å²) in [6, 6.07) is 14.4. The van der Waals surface area contributed by atoms with Gasteiger partial charge in [-0.25, -0.2) is 0 Å². The maximum Gasteiger partial charge on any atom is 0.220 e. The van der Waals surface area contributed by atoms with E-state index in [4.69, 9.17) is 0 Å². The van der Waals surface area contributed by atoms with Crippen LogP contribution < -0.4 is 10.2 Å². The van der Waals surface area contributed by atoms with Crippen LogP contribution in [0.3, 0.4) is 0 Å².